The van der Waals surface area contributed by atoms with Crippen LogP contribution in [0, 0.1) is 0 Å². The van der Waals surface area contributed by atoms with Crippen molar-refractivity contribution in [2.24, 2.45) is 0 Å². The maximum absolute atomic E-state index is 11.7. The zero-order chi connectivity index (χ0) is 13.5. The van der Waals surface area contributed by atoms with Gasteiger partial charge >= 0.3 is 0 Å². The number of hydrogen-bond donors (Lipinski definition) is 3. The van der Waals surface area contributed by atoms with Gasteiger partial charge in [0.2, 0.25) is 5.91 Å². The summed E-state index contributed by atoms with van der Waals surface area (Å²) in [5, 5.41) is 2.94. The van der Waals surface area contributed by atoms with Gasteiger partial charge in [-0.3, -0.25) is 10.2 Å². The van der Waals surface area contributed by atoms with Crippen LogP contribution >= 0.6 is 0 Å². The highest BCUT2D eigenvalue weighted by Gasteiger charge is 2.20. The predicted molar refractivity (Wildman–Crippen MR) is 73.5 cm³/mol. The zero-order valence-corrected chi connectivity index (χ0v) is 11.2. The van der Waals surface area contributed by atoms with Crippen LogP contribution in [0.5, 0.6) is 5.75 Å². The van der Waals surface area contributed by atoms with Gasteiger partial charge in [0.25, 0.3) is 0 Å². The SMILES string of the molecule is CC1CC(NC(=O)CCCOc2ccccc2)NN1. The van der Waals surface area contributed by atoms with Crippen LogP contribution < -0.4 is 20.9 Å². The van der Waals surface area contributed by atoms with Crippen LogP contribution in [-0.4, -0.2) is 24.7 Å². The average molecular weight is 263 g/mol. The molecule has 0 aromatic heterocycles. The van der Waals surface area contributed by atoms with Gasteiger partial charge in [-0.25, -0.2) is 5.43 Å². The normalized spacial score (nSPS) is 22.2. The lowest BCUT2D eigenvalue weighted by molar-refractivity contribution is -0.122. The Morgan fingerprint density at radius 2 is 2.16 bits per heavy atom. The van der Waals surface area contributed by atoms with Crippen molar-refractivity contribution >= 4 is 5.91 Å². The Labute approximate surface area is 113 Å². The summed E-state index contributed by atoms with van der Waals surface area (Å²) in [6, 6.07) is 10.0. The lowest BCUT2D eigenvalue weighted by Crippen LogP contribution is -2.44. The Hall–Kier alpha value is -1.59. The lowest BCUT2D eigenvalue weighted by Gasteiger charge is -2.12. The summed E-state index contributed by atoms with van der Waals surface area (Å²) in [4.78, 5) is 11.7. The molecule has 1 aromatic rings. The molecule has 1 saturated heterocycles. The number of para-hydroxylation sites is 1. The monoisotopic (exact) mass is 263 g/mol. The van der Waals surface area contributed by atoms with E-state index in [0.29, 0.717) is 19.1 Å². The first kappa shape index (κ1) is 13.8. The first-order valence-corrected chi connectivity index (χ1v) is 6.72. The van der Waals surface area contributed by atoms with Crippen LogP contribution in [-0.2, 0) is 4.79 Å². The summed E-state index contributed by atoms with van der Waals surface area (Å²) in [6.07, 6.45) is 2.15. The number of carbonyl (C=O) groups is 1. The Balaban J connectivity index is 1.57. The summed E-state index contributed by atoms with van der Waals surface area (Å²) in [5.74, 6) is 0.906. The molecule has 0 spiro atoms. The fourth-order valence-corrected chi connectivity index (χ4v) is 2.02. The van der Waals surface area contributed by atoms with E-state index in [4.69, 9.17) is 4.74 Å². The first-order valence-electron chi connectivity index (χ1n) is 6.72. The number of benzene rings is 1. The van der Waals surface area contributed by atoms with Crippen LogP contribution in [0.15, 0.2) is 30.3 Å². The molecule has 19 heavy (non-hydrogen) atoms. The Morgan fingerprint density at radius 1 is 1.37 bits per heavy atom. The number of hydrogen-bond acceptors (Lipinski definition) is 4. The molecule has 2 unspecified atom stereocenters. The second kappa shape index (κ2) is 7.11. The first-order chi connectivity index (χ1) is 9.24. The Morgan fingerprint density at radius 3 is 2.84 bits per heavy atom. The van der Waals surface area contributed by atoms with E-state index in [0.717, 1.165) is 18.6 Å². The highest BCUT2D eigenvalue weighted by atomic mass is 16.5. The summed E-state index contributed by atoms with van der Waals surface area (Å²) in [7, 11) is 0. The topological polar surface area (TPSA) is 62.4 Å². The third kappa shape index (κ3) is 4.89. The number of amides is 1. The van der Waals surface area contributed by atoms with Crippen molar-refractivity contribution < 1.29 is 9.53 Å². The maximum Gasteiger partial charge on any atom is 0.221 e. The second-order valence-electron chi connectivity index (χ2n) is 4.81. The molecule has 0 saturated carbocycles. The van der Waals surface area contributed by atoms with Gasteiger partial charge in [0.15, 0.2) is 0 Å². The van der Waals surface area contributed by atoms with Crippen molar-refractivity contribution in [1.29, 1.82) is 0 Å². The molecule has 0 aliphatic carbocycles. The van der Waals surface area contributed by atoms with E-state index in [-0.39, 0.29) is 12.1 Å². The molecule has 3 N–H and O–H groups in total. The van der Waals surface area contributed by atoms with Crippen molar-refractivity contribution in [2.75, 3.05) is 6.61 Å². The van der Waals surface area contributed by atoms with Crippen LogP contribution in [0.1, 0.15) is 26.2 Å². The van der Waals surface area contributed by atoms with Crippen molar-refractivity contribution in [3.8, 4) is 5.75 Å². The van der Waals surface area contributed by atoms with E-state index in [9.17, 15) is 4.79 Å². The van der Waals surface area contributed by atoms with E-state index in [1.54, 1.807) is 0 Å². The molecule has 1 amide bonds. The van der Waals surface area contributed by atoms with Gasteiger partial charge in [-0.1, -0.05) is 18.2 Å². The summed E-state index contributed by atoms with van der Waals surface area (Å²) >= 11 is 0. The quantitative estimate of drug-likeness (QED) is 0.674. The number of ether oxygens (including phenoxy) is 1. The van der Waals surface area contributed by atoms with Gasteiger partial charge < -0.3 is 10.1 Å². The summed E-state index contributed by atoms with van der Waals surface area (Å²) in [6.45, 7) is 2.64. The Bertz CT molecular complexity index is 397. The molecular formula is C14H21N3O2. The van der Waals surface area contributed by atoms with E-state index in [1.165, 1.54) is 0 Å². The molecule has 1 aromatic carbocycles. The van der Waals surface area contributed by atoms with Crippen molar-refractivity contribution in [2.45, 2.75) is 38.4 Å². The van der Waals surface area contributed by atoms with Crippen molar-refractivity contribution in [1.82, 2.24) is 16.2 Å². The summed E-state index contributed by atoms with van der Waals surface area (Å²) in [5.41, 5.74) is 6.11. The molecule has 1 fully saturated rings. The Kier molecular flexibility index (Phi) is 5.18. The molecule has 0 radical (unpaired) electrons. The fraction of sp³-hybridized carbons (Fsp3) is 0.500. The molecule has 104 valence electrons. The minimum absolute atomic E-state index is 0.0394. The van der Waals surface area contributed by atoms with Crippen LogP contribution in [0.2, 0.25) is 0 Å². The average Bonchev–Trinajstić information content (AvgIpc) is 2.81. The van der Waals surface area contributed by atoms with E-state index < -0.39 is 0 Å². The number of rotatable bonds is 6. The van der Waals surface area contributed by atoms with Crippen LogP contribution in [0.4, 0.5) is 0 Å². The van der Waals surface area contributed by atoms with Crippen LogP contribution in [0.25, 0.3) is 0 Å². The highest BCUT2D eigenvalue weighted by Crippen LogP contribution is 2.09. The number of hydrazine groups is 1. The molecule has 5 heteroatoms. The van der Waals surface area contributed by atoms with Crippen molar-refractivity contribution in [3.05, 3.63) is 30.3 Å². The molecule has 5 nitrogen and oxygen atoms in total. The predicted octanol–water partition coefficient (Wildman–Crippen LogP) is 1.17. The molecule has 0 bridgehead atoms. The molecular weight excluding hydrogens is 242 g/mol. The maximum atomic E-state index is 11.7. The van der Waals surface area contributed by atoms with Gasteiger partial charge in [-0.05, 0) is 31.9 Å². The molecule has 1 heterocycles. The molecule has 2 rings (SSSR count). The van der Waals surface area contributed by atoms with Gasteiger partial charge in [0.1, 0.15) is 5.75 Å². The number of carbonyl (C=O) groups excluding carboxylic acids is 1. The van der Waals surface area contributed by atoms with Crippen molar-refractivity contribution in [3.63, 3.8) is 0 Å². The minimum Gasteiger partial charge on any atom is -0.494 e. The molecule has 1 aliphatic rings. The summed E-state index contributed by atoms with van der Waals surface area (Å²) < 4.78 is 5.54. The third-order valence-electron chi connectivity index (χ3n) is 2.99. The number of nitrogens with one attached hydrogen (secondary N) is 3. The van der Waals surface area contributed by atoms with Gasteiger partial charge in [0.05, 0.1) is 12.8 Å². The third-order valence-corrected chi connectivity index (χ3v) is 2.99. The van der Waals surface area contributed by atoms with Crippen LogP contribution in [0.3, 0.4) is 0 Å². The second-order valence-corrected chi connectivity index (χ2v) is 4.81. The van der Waals surface area contributed by atoms with Gasteiger partial charge in [-0.2, -0.15) is 0 Å². The lowest BCUT2D eigenvalue weighted by atomic mass is 10.2. The minimum atomic E-state index is 0.0394. The molecule has 2 atom stereocenters. The standard InChI is InChI=1S/C14H21N3O2/c1-11-10-13(17-16-11)15-14(18)8-5-9-19-12-6-3-2-4-7-12/h2-4,6-7,11,13,16-17H,5,8-10H2,1H3,(H,15,18). The molecule has 1 aliphatic heterocycles. The van der Waals surface area contributed by atoms with E-state index in [2.05, 4.69) is 23.1 Å². The fourth-order valence-electron chi connectivity index (χ4n) is 2.02. The van der Waals surface area contributed by atoms with Gasteiger partial charge in [0, 0.05) is 12.5 Å². The largest absolute Gasteiger partial charge is 0.494 e. The van der Waals surface area contributed by atoms with Gasteiger partial charge in [-0.15, -0.1) is 0 Å². The van der Waals surface area contributed by atoms with E-state index >= 15 is 0 Å². The highest BCUT2D eigenvalue weighted by molar-refractivity contribution is 5.76. The van der Waals surface area contributed by atoms with E-state index in [1.807, 2.05) is 30.3 Å². The smallest absolute Gasteiger partial charge is 0.221 e. The zero-order valence-electron chi connectivity index (χ0n) is 11.2.